The fourth-order valence-electron chi connectivity index (χ4n) is 2.09. The molecule has 6 nitrogen and oxygen atoms in total. The molecule has 0 atom stereocenters. The molecule has 0 fully saturated rings. The van der Waals surface area contributed by atoms with Gasteiger partial charge in [0.1, 0.15) is 5.70 Å². The number of ketones is 1. The average molecular weight is 413 g/mol. The number of halogens is 6. The molecule has 1 N–H and O–H groups in total. The fourth-order valence-corrected chi connectivity index (χ4v) is 2.09. The molecular formula is C16H13F6NO5. The van der Waals surface area contributed by atoms with Gasteiger partial charge in [-0.2, -0.15) is 26.3 Å². The maximum Gasteiger partial charge on any atom is 0.417 e. The van der Waals surface area contributed by atoms with E-state index >= 15 is 0 Å². The number of methoxy groups -OCH3 is 2. The molecule has 0 unspecified atom stereocenters. The number of esters is 2. The van der Waals surface area contributed by atoms with Gasteiger partial charge < -0.3 is 14.8 Å². The van der Waals surface area contributed by atoms with Crippen LogP contribution in [0, 0.1) is 0 Å². The first kappa shape index (κ1) is 23.0. The lowest BCUT2D eigenvalue weighted by molar-refractivity contribution is -0.143. The van der Waals surface area contributed by atoms with Crippen LogP contribution in [0.5, 0.6) is 0 Å². The van der Waals surface area contributed by atoms with E-state index in [4.69, 9.17) is 0 Å². The average Bonchev–Trinajstić information content (AvgIpc) is 2.57. The van der Waals surface area contributed by atoms with Crippen LogP contribution in [0.1, 0.15) is 28.4 Å². The van der Waals surface area contributed by atoms with E-state index in [-0.39, 0.29) is 12.1 Å². The van der Waals surface area contributed by atoms with Crippen LogP contribution in [0.25, 0.3) is 0 Å². The Bertz CT molecular complexity index is 826. The van der Waals surface area contributed by atoms with Crippen LogP contribution >= 0.6 is 0 Å². The molecule has 0 amide bonds. The van der Waals surface area contributed by atoms with E-state index in [9.17, 15) is 40.7 Å². The molecule has 0 saturated carbocycles. The zero-order valence-electron chi connectivity index (χ0n) is 14.5. The van der Waals surface area contributed by atoms with Gasteiger partial charge >= 0.3 is 24.3 Å². The largest absolute Gasteiger partial charge is 0.466 e. The van der Waals surface area contributed by atoms with Gasteiger partial charge in [0.05, 0.1) is 42.7 Å². The molecule has 0 aromatic heterocycles. The summed E-state index contributed by atoms with van der Waals surface area (Å²) in [4.78, 5) is 34.8. The second-order valence-corrected chi connectivity index (χ2v) is 5.20. The zero-order valence-corrected chi connectivity index (χ0v) is 14.5. The van der Waals surface area contributed by atoms with Crippen molar-refractivity contribution in [2.45, 2.75) is 19.3 Å². The van der Waals surface area contributed by atoms with E-state index in [0.29, 0.717) is 13.0 Å². The SMILES string of the molecule is COC(=O)/C=C(/Nc1cc(C(F)(F)F)cc(C(F)(F)F)c1C(C)=O)C(=O)OC. The van der Waals surface area contributed by atoms with Crippen molar-refractivity contribution in [1.29, 1.82) is 0 Å². The highest BCUT2D eigenvalue weighted by atomic mass is 19.4. The molecule has 1 aromatic rings. The van der Waals surface area contributed by atoms with Crippen molar-refractivity contribution in [3.8, 4) is 0 Å². The molecule has 0 aliphatic carbocycles. The molecule has 0 radical (unpaired) electrons. The fraction of sp³-hybridized carbons (Fsp3) is 0.312. The molecule has 154 valence electrons. The smallest absolute Gasteiger partial charge is 0.417 e. The monoisotopic (exact) mass is 413 g/mol. The Morgan fingerprint density at radius 3 is 1.93 bits per heavy atom. The van der Waals surface area contributed by atoms with Crippen LogP contribution < -0.4 is 5.32 Å². The first-order valence-corrected chi connectivity index (χ1v) is 7.20. The van der Waals surface area contributed by atoms with Crippen molar-refractivity contribution < 1.29 is 50.2 Å². The Balaban J connectivity index is 3.79. The standard InChI is InChI=1S/C16H13F6NO5/c1-7(24)13-9(16(20,21)22)4-8(15(17,18)19)5-10(13)23-11(14(26)28-3)6-12(25)27-2/h4-6,23H,1-3H3/b11-6+. The molecule has 1 rings (SSSR count). The van der Waals surface area contributed by atoms with E-state index < -0.39 is 58.1 Å². The van der Waals surface area contributed by atoms with Crippen LogP contribution in [0.2, 0.25) is 0 Å². The second kappa shape index (κ2) is 8.31. The summed E-state index contributed by atoms with van der Waals surface area (Å²) in [7, 11) is 1.77. The molecule has 12 heteroatoms. The summed E-state index contributed by atoms with van der Waals surface area (Å²) in [5, 5.41) is 1.93. The number of anilines is 1. The van der Waals surface area contributed by atoms with Crippen molar-refractivity contribution in [2.75, 3.05) is 19.5 Å². The molecule has 0 heterocycles. The van der Waals surface area contributed by atoms with Gasteiger partial charge in [-0.15, -0.1) is 0 Å². The van der Waals surface area contributed by atoms with E-state index in [0.717, 1.165) is 14.2 Å². The van der Waals surface area contributed by atoms with Gasteiger partial charge in [0.25, 0.3) is 0 Å². The normalized spacial score (nSPS) is 12.4. The number of hydrogen-bond donors (Lipinski definition) is 1. The summed E-state index contributed by atoms with van der Waals surface area (Å²) < 4.78 is 87.4. The van der Waals surface area contributed by atoms with Crippen LogP contribution in [-0.4, -0.2) is 31.9 Å². The minimum absolute atomic E-state index is 0.208. The predicted octanol–water partition coefficient (Wildman–Crippen LogP) is 3.57. The summed E-state index contributed by atoms with van der Waals surface area (Å²) in [5.74, 6) is -3.68. The van der Waals surface area contributed by atoms with Crippen LogP contribution in [0.4, 0.5) is 32.0 Å². The summed E-state index contributed by atoms with van der Waals surface area (Å²) in [6.07, 6.45) is -10.1. The van der Waals surface area contributed by atoms with E-state index in [1.807, 2.05) is 5.32 Å². The number of carbonyl (C=O) groups excluding carboxylic acids is 3. The van der Waals surface area contributed by atoms with Gasteiger partial charge in [0.15, 0.2) is 5.78 Å². The lowest BCUT2D eigenvalue weighted by Crippen LogP contribution is -2.21. The lowest BCUT2D eigenvalue weighted by Gasteiger charge is -2.20. The van der Waals surface area contributed by atoms with Gasteiger partial charge in [-0.1, -0.05) is 0 Å². The second-order valence-electron chi connectivity index (χ2n) is 5.20. The van der Waals surface area contributed by atoms with Crippen molar-refractivity contribution in [3.63, 3.8) is 0 Å². The highest BCUT2D eigenvalue weighted by Crippen LogP contribution is 2.41. The Kier molecular flexibility index (Phi) is 6.83. The number of benzene rings is 1. The Morgan fingerprint density at radius 2 is 1.54 bits per heavy atom. The molecule has 0 saturated heterocycles. The van der Waals surface area contributed by atoms with Gasteiger partial charge in [0.2, 0.25) is 0 Å². The summed E-state index contributed by atoms with van der Waals surface area (Å²) in [6.45, 7) is 0.699. The van der Waals surface area contributed by atoms with Crippen LogP contribution in [0.3, 0.4) is 0 Å². The minimum Gasteiger partial charge on any atom is -0.466 e. The quantitative estimate of drug-likeness (QED) is 0.344. The molecule has 0 aliphatic rings. The minimum atomic E-state index is -5.31. The van der Waals surface area contributed by atoms with Crippen molar-refractivity contribution in [1.82, 2.24) is 0 Å². The number of nitrogens with one attached hydrogen (secondary N) is 1. The highest BCUT2D eigenvalue weighted by molar-refractivity contribution is 6.04. The molecule has 0 bridgehead atoms. The molecule has 0 aliphatic heterocycles. The first-order valence-electron chi connectivity index (χ1n) is 7.20. The third kappa shape index (κ3) is 5.47. The van der Waals surface area contributed by atoms with Gasteiger partial charge in [-0.05, 0) is 19.1 Å². The maximum atomic E-state index is 13.3. The molecular weight excluding hydrogens is 400 g/mol. The molecule has 28 heavy (non-hydrogen) atoms. The van der Waals surface area contributed by atoms with Crippen molar-refractivity contribution >= 4 is 23.4 Å². The number of alkyl halides is 6. The predicted molar refractivity (Wildman–Crippen MR) is 82.2 cm³/mol. The number of Topliss-reactive ketones (excluding diaryl/α,β-unsaturated/α-hetero) is 1. The Labute approximate surface area is 154 Å². The number of carbonyl (C=O) groups is 3. The van der Waals surface area contributed by atoms with Gasteiger partial charge in [-0.3, -0.25) is 4.79 Å². The zero-order chi connectivity index (χ0) is 21.9. The third-order valence-corrected chi connectivity index (χ3v) is 3.26. The Hall–Kier alpha value is -3.05. The third-order valence-electron chi connectivity index (χ3n) is 3.26. The Morgan fingerprint density at radius 1 is 0.964 bits per heavy atom. The van der Waals surface area contributed by atoms with E-state index in [2.05, 4.69) is 9.47 Å². The summed E-state index contributed by atoms with van der Waals surface area (Å²) >= 11 is 0. The number of rotatable bonds is 5. The van der Waals surface area contributed by atoms with E-state index in [1.165, 1.54) is 0 Å². The maximum absolute atomic E-state index is 13.3. The first-order chi connectivity index (χ1) is 12.7. The van der Waals surface area contributed by atoms with Crippen LogP contribution in [-0.2, 0) is 31.4 Å². The summed E-state index contributed by atoms with van der Waals surface area (Å²) in [6, 6.07) is -0.0101. The molecule has 1 aromatic carbocycles. The van der Waals surface area contributed by atoms with Crippen LogP contribution in [0.15, 0.2) is 23.9 Å². The summed E-state index contributed by atoms with van der Waals surface area (Å²) in [5.41, 5.74) is -6.58. The highest BCUT2D eigenvalue weighted by Gasteiger charge is 2.40. The van der Waals surface area contributed by atoms with Crippen molar-refractivity contribution in [2.24, 2.45) is 0 Å². The topological polar surface area (TPSA) is 81.7 Å². The number of ether oxygens (including phenoxy) is 2. The lowest BCUT2D eigenvalue weighted by atomic mass is 9.97. The van der Waals surface area contributed by atoms with Gasteiger partial charge in [-0.25, -0.2) is 9.59 Å². The van der Waals surface area contributed by atoms with Gasteiger partial charge in [0, 0.05) is 0 Å². The molecule has 0 spiro atoms. The van der Waals surface area contributed by atoms with E-state index in [1.54, 1.807) is 0 Å². The van der Waals surface area contributed by atoms with Crippen molar-refractivity contribution in [3.05, 3.63) is 40.6 Å². The number of hydrogen-bond acceptors (Lipinski definition) is 6.